The van der Waals surface area contributed by atoms with E-state index in [9.17, 15) is 17.6 Å². The third kappa shape index (κ3) is 2.17. The van der Waals surface area contributed by atoms with Gasteiger partial charge in [-0.2, -0.15) is 0 Å². The molecule has 1 aliphatic carbocycles. The number of fused-ring (bicyclic) bond motifs is 3. The van der Waals surface area contributed by atoms with Crippen molar-refractivity contribution in [3.8, 4) is 11.1 Å². The molecule has 128 valence electrons. The van der Waals surface area contributed by atoms with Crippen LogP contribution in [-0.4, -0.2) is 26.9 Å². The van der Waals surface area contributed by atoms with Gasteiger partial charge in [0.2, 0.25) is 0 Å². The highest BCUT2D eigenvalue weighted by Crippen LogP contribution is 2.52. The molecule has 0 heterocycles. The van der Waals surface area contributed by atoms with E-state index in [0.717, 1.165) is 24.3 Å². The van der Waals surface area contributed by atoms with Crippen molar-refractivity contribution in [1.29, 1.82) is 0 Å². The molecule has 3 rings (SSSR count). The van der Waals surface area contributed by atoms with Crippen LogP contribution in [0.15, 0.2) is 24.3 Å². The zero-order valence-corrected chi connectivity index (χ0v) is 13.4. The number of hydrogen-bond acceptors (Lipinski definition) is 2. The normalized spacial score (nSPS) is 16.0. The molecular formula is C18H16F4O2. The number of hydrogen-bond donors (Lipinski definition) is 0. The summed E-state index contributed by atoms with van der Waals surface area (Å²) in [5.41, 5.74) is 0.319. The van der Waals surface area contributed by atoms with Gasteiger partial charge in [0.15, 0.2) is 23.3 Å². The smallest absolute Gasteiger partial charge is 0.159 e. The molecule has 0 N–H and O–H groups in total. The Morgan fingerprint density at radius 3 is 1.62 bits per heavy atom. The molecule has 0 spiro atoms. The molecule has 0 aliphatic heterocycles. The minimum absolute atomic E-state index is 0.0398. The van der Waals surface area contributed by atoms with Gasteiger partial charge in [-0.3, -0.25) is 0 Å². The highest BCUT2D eigenvalue weighted by molar-refractivity contribution is 5.81. The maximum atomic E-state index is 13.9. The first-order valence-electron chi connectivity index (χ1n) is 7.38. The van der Waals surface area contributed by atoms with Crippen LogP contribution in [-0.2, 0) is 14.9 Å². The number of methoxy groups -OCH3 is 2. The van der Waals surface area contributed by atoms with Crippen molar-refractivity contribution in [2.75, 3.05) is 20.8 Å². The number of benzene rings is 2. The standard InChI is InChI=1S/C18H16F4O2/c1-9(24-3)18(8-23-2)12-6-16(21)14(19)4-10(12)11-5-15(20)17(22)7-13(11)18/h4-7,9H,8H2,1-3H3. The minimum Gasteiger partial charge on any atom is -0.383 e. The molecule has 0 radical (unpaired) electrons. The second kappa shape index (κ2) is 5.86. The van der Waals surface area contributed by atoms with E-state index in [1.807, 2.05) is 0 Å². The van der Waals surface area contributed by atoms with E-state index in [2.05, 4.69) is 0 Å². The van der Waals surface area contributed by atoms with Gasteiger partial charge in [-0.15, -0.1) is 0 Å². The van der Waals surface area contributed by atoms with Crippen molar-refractivity contribution in [2.45, 2.75) is 18.4 Å². The highest BCUT2D eigenvalue weighted by atomic mass is 19.2. The molecule has 2 nitrogen and oxygen atoms in total. The zero-order chi connectivity index (χ0) is 17.6. The summed E-state index contributed by atoms with van der Waals surface area (Å²) in [6.45, 7) is 1.76. The monoisotopic (exact) mass is 340 g/mol. The lowest BCUT2D eigenvalue weighted by atomic mass is 9.74. The molecule has 1 unspecified atom stereocenters. The van der Waals surface area contributed by atoms with Crippen LogP contribution in [0.25, 0.3) is 11.1 Å². The number of halogens is 4. The van der Waals surface area contributed by atoms with E-state index >= 15 is 0 Å². The minimum atomic E-state index is -1.07. The molecule has 0 amide bonds. The summed E-state index contributed by atoms with van der Waals surface area (Å²) in [5, 5.41) is 0. The molecule has 0 aromatic heterocycles. The first kappa shape index (κ1) is 16.9. The van der Waals surface area contributed by atoms with E-state index < -0.39 is 34.8 Å². The molecular weight excluding hydrogens is 324 g/mol. The molecule has 0 saturated heterocycles. The lowest BCUT2D eigenvalue weighted by Crippen LogP contribution is -2.42. The average Bonchev–Trinajstić information content (AvgIpc) is 2.79. The van der Waals surface area contributed by atoms with Crippen molar-refractivity contribution in [3.63, 3.8) is 0 Å². The van der Waals surface area contributed by atoms with Crippen LogP contribution in [0.4, 0.5) is 17.6 Å². The Labute approximate surface area is 137 Å². The van der Waals surface area contributed by atoms with Crippen LogP contribution in [0.5, 0.6) is 0 Å². The van der Waals surface area contributed by atoms with Gasteiger partial charge in [0.05, 0.1) is 18.1 Å². The molecule has 0 saturated carbocycles. The van der Waals surface area contributed by atoms with Gasteiger partial charge in [0.25, 0.3) is 0 Å². The van der Waals surface area contributed by atoms with Gasteiger partial charge in [-0.1, -0.05) is 0 Å². The lowest BCUT2D eigenvalue weighted by Gasteiger charge is -2.36. The maximum absolute atomic E-state index is 13.9. The summed E-state index contributed by atoms with van der Waals surface area (Å²) in [6.07, 6.45) is -0.549. The molecule has 1 atom stereocenters. The summed E-state index contributed by atoms with van der Waals surface area (Å²) in [7, 11) is 2.90. The molecule has 6 heteroatoms. The van der Waals surface area contributed by atoms with Crippen molar-refractivity contribution >= 4 is 0 Å². The van der Waals surface area contributed by atoms with Crippen LogP contribution >= 0.6 is 0 Å². The average molecular weight is 340 g/mol. The predicted molar refractivity (Wildman–Crippen MR) is 80.8 cm³/mol. The fraction of sp³-hybridized carbons (Fsp3) is 0.333. The molecule has 0 fully saturated rings. The maximum Gasteiger partial charge on any atom is 0.159 e. The zero-order valence-electron chi connectivity index (χ0n) is 13.4. The van der Waals surface area contributed by atoms with Crippen molar-refractivity contribution in [3.05, 3.63) is 58.7 Å². The number of rotatable bonds is 4. The van der Waals surface area contributed by atoms with E-state index in [1.165, 1.54) is 14.2 Å². The van der Waals surface area contributed by atoms with Crippen molar-refractivity contribution in [2.24, 2.45) is 0 Å². The quantitative estimate of drug-likeness (QED) is 0.777. The van der Waals surface area contributed by atoms with Crippen LogP contribution in [0, 0.1) is 23.3 Å². The topological polar surface area (TPSA) is 18.5 Å². The van der Waals surface area contributed by atoms with Crippen LogP contribution < -0.4 is 0 Å². The molecule has 1 aliphatic rings. The summed E-state index contributed by atoms with van der Waals surface area (Å²) in [4.78, 5) is 0. The Balaban J connectivity index is 2.43. The first-order chi connectivity index (χ1) is 11.4. The van der Waals surface area contributed by atoms with Gasteiger partial charge in [0, 0.05) is 14.2 Å². The van der Waals surface area contributed by atoms with E-state index in [1.54, 1.807) is 6.92 Å². The third-order valence-corrected chi connectivity index (χ3v) is 4.79. The van der Waals surface area contributed by atoms with Crippen LogP contribution in [0.1, 0.15) is 18.1 Å². The van der Waals surface area contributed by atoms with Gasteiger partial charge < -0.3 is 9.47 Å². The van der Waals surface area contributed by atoms with Crippen LogP contribution in [0.3, 0.4) is 0 Å². The van der Waals surface area contributed by atoms with Crippen LogP contribution in [0.2, 0.25) is 0 Å². The van der Waals surface area contributed by atoms with Crippen molar-refractivity contribution in [1.82, 2.24) is 0 Å². The highest BCUT2D eigenvalue weighted by Gasteiger charge is 2.49. The SMILES string of the molecule is COCC1(C(C)OC)c2cc(F)c(F)cc2-c2cc(F)c(F)cc21. The summed E-state index contributed by atoms with van der Waals surface area (Å²) >= 11 is 0. The Hall–Kier alpha value is -1.92. The second-order valence-corrected chi connectivity index (χ2v) is 5.91. The Morgan fingerprint density at radius 2 is 1.25 bits per heavy atom. The van der Waals surface area contributed by atoms with Gasteiger partial charge in [-0.05, 0) is 53.4 Å². The summed E-state index contributed by atoms with van der Waals surface area (Å²) < 4.78 is 66.1. The second-order valence-electron chi connectivity index (χ2n) is 5.91. The molecule has 24 heavy (non-hydrogen) atoms. The Bertz CT molecular complexity index is 747. The number of ether oxygens (including phenoxy) is 2. The van der Waals surface area contributed by atoms with Crippen molar-refractivity contribution < 1.29 is 27.0 Å². The Kier molecular flexibility index (Phi) is 4.13. The predicted octanol–water partition coefficient (Wildman–Crippen LogP) is 4.19. The van der Waals surface area contributed by atoms with E-state index in [4.69, 9.17) is 9.47 Å². The fourth-order valence-electron chi connectivity index (χ4n) is 3.56. The van der Waals surface area contributed by atoms with Gasteiger partial charge in [0.1, 0.15) is 0 Å². The summed E-state index contributed by atoms with van der Waals surface area (Å²) in [6, 6.07) is 4.10. The lowest BCUT2D eigenvalue weighted by molar-refractivity contribution is 0.0221. The Morgan fingerprint density at radius 1 is 0.833 bits per heavy atom. The van der Waals surface area contributed by atoms with E-state index in [0.29, 0.717) is 22.3 Å². The fourth-order valence-corrected chi connectivity index (χ4v) is 3.56. The molecule has 0 bridgehead atoms. The largest absolute Gasteiger partial charge is 0.383 e. The molecule has 2 aromatic carbocycles. The van der Waals surface area contributed by atoms with Gasteiger partial charge >= 0.3 is 0 Å². The molecule has 2 aromatic rings. The van der Waals surface area contributed by atoms with E-state index in [-0.39, 0.29) is 6.61 Å². The summed E-state index contributed by atoms with van der Waals surface area (Å²) in [5.74, 6) is -4.18. The third-order valence-electron chi connectivity index (χ3n) is 4.79. The first-order valence-corrected chi connectivity index (χ1v) is 7.38. The van der Waals surface area contributed by atoms with Gasteiger partial charge in [-0.25, -0.2) is 17.6 Å².